The van der Waals surface area contributed by atoms with Gasteiger partial charge in [-0.05, 0) is 31.1 Å². The molecule has 98 valence electrons. The summed E-state index contributed by atoms with van der Waals surface area (Å²) in [6.07, 6.45) is 10.7. The van der Waals surface area contributed by atoms with Crippen molar-refractivity contribution in [1.82, 2.24) is 0 Å². The molecule has 1 saturated carbocycles. The molecule has 0 heterocycles. The largest absolute Gasteiger partial charge is 0.0958 e. The molecule has 1 aliphatic carbocycles. The maximum absolute atomic E-state index is 4.18. The average Bonchev–Trinajstić information content (AvgIpc) is 2.38. The normalized spacial score (nSPS) is 24.0. The van der Waals surface area contributed by atoms with Crippen molar-refractivity contribution in [3.63, 3.8) is 0 Å². The van der Waals surface area contributed by atoms with Crippen molar-refractivity contribution in [1.29, 1.82) is 0 Å². The third kappa shape index (κ3) is 6.51. The molecule has 0 atom stereocenters. The van der Waals surface area contributed by atoms with E-state index in [0.717, 1.165) is 18.3 Å². The second-order valence-electron chi connectivity index (χ2n) is 4.88. The van der Waals surface area contributed by atoms with Crippen LogP contribution in [0.15, 0.2) is 36.5 Å². The van der Waals surface area contributed by atoms with E-state index in [9.17, 15) is 0 Å². The molecule has 0 N–H and O–H groups in total. The second kappa shape index (κ2) is 9.27. The molecule has 0 aliphatic heterocycles. The summed E-state index contributed by atoms with van der Waals surface area (Å²) in [5.74, 6) is 1.64. The Bertz CT molecular complexity index is 249. The first-order valence-corrected chi connectivity index (χ1v) is 7.18. The summed E-state index contributed by atoms with van der Waals surface area (Å²) in [6.45, 7) is 16.6. The highest BCUT2D eigenvalue weighted by molar-refractivity contribution is 5.25. The van der Waals surface area contributed by atoms with Crippen molar-refractivity contribution in [2.75, 3.05) is 0 Å². The Balaban J connectivity index is 0.00000121. The van der Waals surface area contributed by atoms with Crippen LogP contribution < -0.4 is 0 Å². The Labute approximate surface area is 109 Å². The highest BCUT2D eigenvalue weighted by atomic mass is 14.2. The van der Waals surface area contributed by atoms with E-state index >= 15 is 0 Å². The molecular formula is C17H30. The molecule has 0 spiro atoms. The fourth-order valence-corrected chi connectivity index (χ4v) is 2.11. The average molecular weight is 234 g/mol. The van der Waals surface area contributed by atoms with Gasteiger partial charge in [0.05, 0.1) is 0 Å². The molecule has 0 radical (unpaired) electrons. The minimum atomic E-state index is 0.724. The molecule has 1 fully saturated rings. The van der Waals surface area contributed by atoms with E-state index in [1.807, 2.05) is 13.8 Å². The van der Waals surface area contributed by atoms with Gasteiger partial charge in [0.25, 0.3) is 0 Å². The monoisotopic (exact) mass is 234 g/mol. The molecular weight excluding hydrogens is 204 g/mol. The van der Waals surface area contributed by atoms with Gasteiger partial charge in [0.15, 0.2) is 0 Å². The molecule has 17 heavy (non-hydrogen) atoms. The van der Waals surface area contributed by atoms with E-state index < -0.39 is 0 Å². The molecule has 0 aromatic carbocycles. The van der Waals surface area contributed by atoms with Crippen LogP contribution in [0.1, 0.15) is 59.8 Å². The number of rotatable bonds is 4. The zero-order valence-corrected chi connectivity index (χ0v) is 12.3. The molecule has 0 saturated heterocycles. The molecule has 0 unspecified atom stereocenters. The lowest BCUT2D eigenvalue weighted by molar-refractivity contribution is 0.324. The summed E-state index contributed by atoms with van der Waals surface area (Å²) in [5.41, 5.74) is 2.50. The van der Waals surface area contributed by atoms with Crippen LogP contribution >= 0.6 is 0 Å². The van der Waals surface area contributed by atoms with Gasteiger partial charge in [0.1, 0.15) is 0 Å². The topological polar surface area (TPSA) is 0 Å². The smallest absolute Gasteiger partial charge is 0.0168 e. The third-order valence-corrected chi connectivity index (χ3v) is 3.53. The van der Waals surface area contributed by atoms with Crippen LogP contribution in [0.4, 0.5) is 0 Å². The first-order chi connectivity index (χ1) is 8.13. The van der Waals surface area contributed by atoms with Crippen molar-refractivity contribution in [2.45, 2.75) is 59.8 Å². The number of hydrogen-bond acceptors (Lipinski definition) is 0. The minimum absolute atomic E-state index is 0.724. The summed E-state index contributed by atoms with van der Waals surface area (Å²) < 4.78 is 0. The Morgan fingerprint density at radius 1 is 1.06 bits per heavy atom. The van der Waals surface area contributed by atoms with Crippen molar-refractivity contribution in [2.24, 2.45) is 11.8 Å². The maximum atomic E-state index is 4.18. The fourth-order valence-electron chi connectivity index (χ4n) is 2.11. The minimum Gasteiger partial charge on any atom is -0.0958 e. The number of hydrogen-bond donors (Lipinski definition) is 0. The van der Waals surface area contributed by atoms with Crippen LogP contribution in [-0.4, -0.2) is 0 Å². The quantitative estimate of drug-likeness (QED) is 0.530. The van der Waals surface area contributed by atoms with Gasteiger partial charge in [-0.2, -0.15) is 0 Å². The van der Waals surface area contributed by atoms with Crippen LogP contribution in [0.25, 0.3) is 0 Å². The van der Waals surface area contributed by atoms with Gasteiger partial charge in [0, 0.05) is 0 Å². The predicted octanol–water partition coefficient (Wildman–Crippen LogP) is 5.92. The summed E-state index contributed by atoms with van der Waals surface area (Å²) in [6, 6.07) is 0. The van der Waals surface area contributed by atoms with Crippen LogP contribution in [0.3, 0.4) is 0 Å². The Morgan fingerprint density at radius 2 is 1.59 bits per heavy atom. The molecule has 0 bridgehead atoms. The predicted molar refractivity (Wildman–Crippen MR) is 80.2 cm³/mol. The Kier molecular flexibility index (Phi) is 8.85. The Hall–Kier alpha value is -0.780. The lowest BCUT2D eigenvalue weighted by atomic mass is 9.79. The summed E-state index contributed by atoms with van der Waals surface area (Å²) in [4.78, 5) is 0. The van der Waals surface area contributed by atoms with Crippen LogP contribution in [0, 0.1) is 11.8 Å². The molecule has 0 aromatic rings. The summed E-state index contributed by atoms with van der Waals surface area (Å²) >= 11 is 0. The summed E-state index contributed by atoms with van der Waals surface area (Å²) in [7, 11) is 0. The lowest BCUT2D eigenvalue weighted by Gasteiger charge is -2.26. The van der Waals surface area contributed by atoms with E-state index in [0.29, 0.717) is 0 Å². The third-order valence-electron chi connectivity index (χ3n) is 3.53. The van der Waals surface area contributed by atoms with E-state index in [2.05, 4.69) is 39.2 Å². The fraction of sp³-hybridized carbons (Fsp3) is 0.647. The zero-order chi connectivity index (χ0) is 13.3. The van der Waals surface area contributed by atoms with Crippen molar-refractivity contribution >= 4 is 0 Å². The van der Waals surface area contributed by atoms with Gasteiger partial charge >= 0.3 is 0 Å². The molecule has 0 aromatic heterocycles. The van der Waals surface area contributed by atoms with E-state index in [1.54, 1.807) is 0 Å². The lowest BCUT2D eigenvalue weighted by Crippen LogP contribution is -2.13. The van der Waals surface area contributed by atoms with Crippen LogP contribution in [0.5, 0.6) is 0 Å². The second-order valence-corrected chi connectivity index (χ2v) is 4.88. The van der Waals surface area contributed by atoms with Gasteiger partial charge in [0.2, 0.25) is 0 Å². The number of allylic oxidation sites excluding steroid dienone is 4. The molecule has 1 aliphatic rings. The van der Waals surface area contributed by atoms with Crippen molar-refractivity contribution in [3.05, 3.63) is 36.5 Å². The Morgan fingerprint density at radius 3 is 2.06 bits per heavy atom. The van der Waals surface area contributed by atoms with Crippen LogP contribution in [0.2, 0.25) is 0 Å². The molecule has 0 heteroatoms. The maximum Gasteiger partial charge on any atom is -0.0168 e. The van der Waals surface area contributed by atoms with Crippen molar-refractivity contribution in [3.8, 4) is 0 Å². The highest BCUT2D eigenvalue weighted by Gasteiger charge is 2.18. The van der Waals surface area contributed by atoms with Gasteiger partial charge in [-0.15, -0.1) is 0 Å². The zero-order valence-electron chi connectivity index (χ0n) is 12.3. The van der Waals surface area contributed by atoms with Gasteiger partial charge in [-0.25, -0.2) is 0 Å². The van der Waals surface area contributed by atoms with E-state index in [-0.39, 0.29) is 0 Å². The molecule has 1 rings (SSSR count). The summed E-state index contributed by atoms with van der Waals surface area (Å²) in [5, 5.41) is 0. The van der Waals surface area contributed by atoms with E-state index in [1.165, 1.54) is 36.8 Å². The SMILES string of the molecule is C=C(/C=C\C(=C)C1CCC(C)CC1)CC.CC. The van der Waals surface area contributed by atoms with Crippen molar-refractivity contribution < 1.29 is 0 Å². The van der Waals surface area contributed by atoms with Gasteiger partial charge in [-0.3, -0.25) is 0 Å². The van der Waals surface area contributed by atoms with E-state index in [4.69, 9.17) is 0 Å². The standard InChI is InChI=1S/C15H24.C2H6/c1-5-12(2)6-9-14(4)15-10-7-13(3)8-11-15;1-2/h6,9,13,15H,2,4-5,7-8,10-11H2,1,3H3;1-2H3/b9-6-;. The molecule has 0 nitrogen and oxygen atoms in total. The first-order valence-electron chi connectivity index (χ1n) is 7.18. The van der Waals surface area contributed by atoms with Gasteiger partial charge < -0.3 is 0 Å². The van der Waals surface area contributed by atoms with Gasteiger partial charge in [-0.1, -0.05) is 77.0 Å². The van der Waals surface area contributed by atoms with Crippen LogP contribution in [-0.2, 0) is 0 Å². The molecule has 0 amide bonds. The highest BCUT2D eigenvalue weighted by Crippen LogP contribution is 2.32. The first kappa shape index (κ1) is 16.2.